The molecule has 35 heavy (non-hydrogen) atoms. The summed E-state index contributed by atoms with van der Waals surface area (Å²) in [7, 11) is 0. The zero-order chi connectivity index (χ0) is 25.1. The van der Waals surface area contributed by atoms with Crippen molar-refractivity contribution in [3.05, 3.63) is 69.6 Å². The molecule has 5 rings (SSSR count). The molecule has 2 aromatic rings. The number of hydrogen-bond donors (Lipinski definition) is 2. The highest BCUT2D eigenvalue weighted by atomic mass is 19.2. The topological polar surface area (TPSA) is 117 Å². The highest BCUT2D eigenvalue weighted by Gasteiger charge is 2.63. The van der Waals surface area contributed by atoms with Crippen LogP contribution in [0.4, 0.5) is 19.3 Å². The molecule has 4 amide bonds. The molecule has 0 saturated carbocycles. The van der Waals surface area contributed by atoms with Gasteiger partial charge in [-0.2, -0.15) is 0 Å². The van der Waals surface area contributed by atoms with E-state index in [1.807, 2.05) is 0 Å². The molecule has 0 aliphatic carbocycles. The van der Waals surface area contributed by atoms with E-state index in [1.54, 1.807) is 44.2 Å². The van der Waals surface area contributed by atoms with Crippen molar-refractivity contribution in [2.24, 2.45) is 10.6 Å². The van der Waals surface area contributed by atoms with Gasteiger partial charge in [-0.25, -0.2) is 13.6 Å². The first-order valence-electron chi connectivity index (χ1n) is 11.2. The van der Waals surface area contributed by atoms with E-state index < -0.39 is 59.2 Å². The summed E-state index contributed by atoms with van der Waals surface area (Å²) in [5, 5.41) is 7.31. The van der Waals surface area contributed by atoms with E-state index >= 15 is 8.78 Å². The Labute approximate surface area is 198 Å². The number of fused-ring (bicyclic) bond motifs is 4. The Balaban J connectivity index is 1.73. The molecule has 2 saturated heterocycles. The maximum atomic E-state index is 15.7. The molecule has 4 atom stereocenters. The fraction of sp³-hybridized carbons (Fsp3) is 0.375. The maximum Gasteiger partial charge on any atom is 0.328 e. The van der Waals surface area contributed by atoms with E-state index in [9.17, 15) is 19.3 Å². The molecule has 1 spiro atoms. The van der Waals surface area contributed by atoms with Crippen LogP contribution in [0, 0.1) is 22.0 Å². The molecule has 0 aromatic heterocycles. The van der Waals surface area contributed by atoms with Gasteiger partial charge in [0.1, 0.15) is 6.04 Å². The summed E-state index contributed by atoms with van der Waals surface area (Å²) < 4.78 is 37.1. The number of hydrogen-bond acceptors (Lipinski definition) is 7. The van der Waals surface area contributed by atoms with Crippen LogP contribution in [0.1, 0.15) is 36.6 Å². The fourth-order valence-electron chi connectivity index (χ4n) is 5.69. The van der Waals surface area contributed by atoms with Crippen LogP contribution < -0.4 is 15.5 Å². The lowest BCUT2D eigenvalue weighted by atomic mass is 9.66. The second-order valence-electron chi connectivity index (χ2n) is 9.15. The Morgan fingerprint density at radius 3 is 2.37 bits per heavy atom. The minimum Gasteiger partial charge on any atom is -0.372 e. The largest absolute Gasteiger partial charge is 0.372 e. The van der Waals surface area contributed by atoms with Gasteiger partial charge in [0.05, 0.1) is 23.9 Å². The minimum absolute atomic E-state index is 0.0714. The fourth-order valence-corrected chi connectivity index (χ4v) is 5.69. The minimum atomic E-state index is -1.85. The standard InChI is InChI=1S/C24H22F2N4O5/c1-11-10-30-19-14(8-15(16(25)17(19)26)18(29-34)13-6-4-3-5-7-13)9-24(20(30)12(2)35-11)21(31)27-23(33)28-22(24)32/h3-8,11-12,18,20H,9-10H2,1-2H3,(H2,27,28,31,32,33)/t11-,12+,18?,20-/m1/s1. The molecule has 9 nitrogen and oxygen atoms in total. The van der Waals surface area contributed by atoms with E-state index in [4.69, 9.17) is 4.74 Å². The third kappa shape index (κ3) is 3.33. The number of nitrogens with zero attached hydrogens (tertiary/aromatic N) is 2. The van der Waals surface area contributed by atoms with Crippen molar-refractivity contribution in [3.8, 4) is 0 Å². The monoisotopic (exact) mass is 484 g/mol. The second kappa shape index (κ2) is 8.19. The quantitative estimate of drug-likeness (QED) is 0.511. The molecular formula is C24H22F2N4O5. The van der Waals surface area contributed by atoms with Crippen LogP contribution in [-0.4, -0.2) is 42.6 Å². The number of ether oxygens (including phenoxy) is 1. The predicted molar refractivity (Wildman–Crippen MR) is 119 cm³/mol. The molecule has 2 fully saturated rings. The summed E-state index contributed by atoms with van der Waals surface area (Å²) in [6.07, 6.45) is -1.48. The van der Waals surface area contributed by atoms with Crippen LogP contribution in [0.5, 0.6) is 0 Å². The molecule has 11 heteroatoms. The number of benzene rings is 2. The zero-order valence-corrected chi connectivity index (χ0v) is 18.9. The number of halogens is 2. The van der Waals surface area contributed by atoms with Gasteiger partial charge in [0.25, 0.3) is 0 Å². The number of rotatable bonds is 3. The van der Waals surface area contributed by atoms with Crippen molar-refractivity contribution in [1.82, 2.24) is 10.6 Å². The normalized spacial score (nSPS) is 25.9. The third-order valence-electron chi connectivity index (χ3n) is 7.01. The number of nitrogens with one attached hydrogen (secondary N) is 2. The lowest BCUT2D eigenvalue weighted by molar-refractivity contribution is -0.153. The number of carbonyl (C=O) groups excluding carboxylic acids is 3. The predicted octanol–water partition coefficient (Wildman–Crippen LogP) is 2.71. The molecular weight excluding hydrogens is 462 g/mol. The van der Waals surface area contributed by atoms with E-state index in [0.29, 0.717) is 5.56 Å². The van der Waals surface area contributed by atoms with E-state index in [1.165, 1.54) is 11.0 Å². The lowest BCUT2D eigenvalue weighted by Gasteiger charge is -2.55. The number of anilines is 1. The number of carbonyl (C=O) groups is 3. The molecule has 0 radical (unpaired) electrons. The van der Waals surface area contributed by atoms with Crippen molar-refractivity contribution in [3.63, 3.8) is 0 Å². The Morgan fingerprint density at radius 2 is 1.74 bits per heavy atom. The summed E-state index contributed by atoms with van der Waals surface area (Å²) in [6, 6.07) is 6.11. The van der Waals surface area contributed by atoms with Crippen molar-refractivity contribution in [1.29, 1.82) is 0 Å². The van der Waals surface area contributed by atoms with Crippen LogP contribution in [0.2, 0.25) is 0 Å². The van der Waals surface area contributed by atoms with Crippen molar-refractivity contribution in [2.75, 3.05) is 11.4 Å². The average Bonchev–Trinajstić information content (AvgIpc) is 2.81. The summed E-state index contributed by atoms with van der Waals surface area (Å²) in [5.41, 5.74) is -1.74. The van der Waals surface area contributed by atoms with Crippen molar-refractivity contribution < 1.29 is 27.9 Å². The second-order valence-corrected chi connectivity index (χ2v) is 9.15. The van der Waals surface area contributed by atoms with Gasteiger partial charge in [-0.15, -0.1) is 4.91 Å². The highest BCUT2D eigenvalue weighted by Crippen LogP contribution is 2.49. The summed E-state index contributed by atoms with van der Waals surface area (Å²) >= 11 is 0. The molecule has 3 heterocycles. The summed E-state index contributed by atoms with van der Waals surface area (Å²) in [6.45, 7) is 3.45. The summed E-state index contributed by atoms with van der Waals surface area (Å²) in [4.78, 5) is 51.5. The first kappa shape index (κ1) is 23.0. The van der Waals surface area contributed by atoms with Gasteiger partial charge in [-0.3, -0.25) is 20.2 Å². The number of morpholine rings is 1. The number of urea groups is 1. The number of amides is 4. The van der Waals surface area contributed by atoms with Crippen LogP contribution >= 0.6 is 0 Å². The maximum absolute atomic E-state index is 15.7. The van der Waals surface area contributed by atoms with E-state index in [2.05, 4.69) is 15.8 Å². The number of barbiturate groups is 1. The molecule has 2 aromatic carbocycles. The molecule has 1 unspecified atom stereocenters. The van der Waals surface area contributed by atoms with Crippen molar-refractivity contribution in [2.45, 2.75) is 44.6 Å². The zero-order valence-electron chi connectivity index (χ0n) is 18.9. The first-order chi connectivity index (χ1) is 16.7. The van der Waals surface area contributed by atoms with Crippen LogP contribution in [0.25, 0.3) is 0 Å². The molecule has 182 valence electrons. The Bertz CT molecular complexity index is 1230. The van der Waals surface area contributed by atoms with Gasteiger partial charge in [-0.05, 0) is 31.0 Å². The van der Waals surface area contributed by atoms with Gasteiger partial charge in [0.2, 0.25) is 11.8 Å². The molecule has 2 N–H and O–H groups in total. The number of nitroso groups, excluding NO2 is 1. The Hall–Kier alpha value is -3.73. The first-order valence-corrected chi connectivity index (χ1v) is 11.2. The Kier molecular flexibility index (Phi) is 5.39. The lowest BCUT2D eigenvalue weighted by Crippen LogP contribution is -2.75. The smallest absolute Gasteiger partial charge is 0.328 e. The van der Waals surface area contributed by atoms with Gasteiger partial charge in [0.15, 0.2) is 17.0 Å². The van der Waals surface area contributed by atoms with Gasteiger partial charge >= 0.3 is 6.03 Å². The van der Waals surface area contributed by atoms with Gasteiger partial charge < -0.3 is 9.64 Å². The molecule has 3 aliphatic heterocycles. The average molecular weight is 484 g/mol. The molecule has 3 aliphatic rings. The van der Waals surface area contributed by atoms with Crippen molar-refractivity contribution >= 4 is 23.5 Å². The van der Waals surface area contributed by atoms with Crippen LogP contribution in [-0.2, 0) is 20.7 Å². The SMILES string of the molecule is C[C@@H]1CN2c3c(cc(C(N=O)c4ccccc4)c(F)c3F)CC3(C(=O)NC(=O)NC3=O)[C@H]2[C@H](C)O1. The number of imide groups is 2. The van der Waals surface area contributed by atoms with Crippen LogP contribution in [0.3, 0.4) is 0 Å². The van der Waals surface area contributed by atoms with Gasteiger partial charge in [0, 0.05) is 18.5 Å². The Morgan fingerprint density at radius 1 is 1.09 bits per heavy atom. The third-order valence-corrected chi connectivity index (χ3v) is 7.01. The van der Waals surface area contributed by atoms with Crippen LogP contribution in [0.15, 0.2) is 41.6 Å². The molecule has 0 bridgehead atoms. The highest BCUT2D eigenvalue weighted by molar-refractivity contribution is 6.20. The van der Waals surface area contributed by atoms with E-state index in [-0.39, 0.29) is 29.8 Å². The summed E-state index contributed by atoms with van der Waals surface area (Å²) in [5.74, 6) is -4.13. The van der Waals surface area contributed by atoms with Gasteiger partial charge in [-0.1, -0.05) is 35.5 Å². The van der Waals surface area contributed by atoms with E-state index in [0.717, 1.165) is 0 Å².